The molecule has 0 fully saturated rings. The van der Waals surface area contributed by atoms with E-state index in [1.165, 1.54) is 59.4 Å². The van der Waals surface area contributed by atoms with E-state index in [4.69, 9.17) is 9.97 Å². The number of hydrogen-bond donors (Lipinski definition) is 0. The summed E-state index contributed by atoms with van der Waals surface area (Å²) < 4.78 is 6.95. The molecule has 0 amide bonds. The molecule has 0 aliphatic rings. The lowest BCUT2D eigenvalue weighted by molar-refractivity contribution is 1.15. The van der Waals surface area contributed by atoms with Crippen LogP contribution in [0, 0.1) is 0 Å². The quantitative estimate of drug-likeness (QED) is 0.166. The zero-order chi connectivity index (χ0) is 32.9. The molecule has 0 saturated heterocycles. The minimum atomic E-state index is 0.878. The SMILES string of the molecule is c1ccc2cc3c(cc2c1)nc1n3c2cc(-c3ccc4c5ccccc5c5ccccc5c4c3)cc3c2n1c1nc2cc4ccccc4cc2n31. The molecule has 51 heavy (non-hydrogen) atoms. The summed E-state index contributed by atoms with van der Waals surface area (Å²) in [5, 5.41) is 12.4. The molecule has 0 unspecified atom stereocenters. The third kappa shape index (κ3) is 3.22. The summed E-state index contributed by atoms with van der Waals surface area (Å²) >= 11 is 0. The van der Waals surface area contributed by atoms with Gasteiger partial charge in [0.25, 0.3) is 0 Å². The molecule has 9 aromatic carbocycles. The van der Waals surface area contributed by atoms with Gasteiger partial charge < -0.3 is 0 Å². The maximum Gasteiger partial charge on any atom is 0.223 e. The number of hydrogen-bond acceptors (Lipinski definition) is 2. The van der Waals surface area contributed by atoms with Crippen molar-refractivity contribution in [2.45, 2.75) is 0 Å². The Balaban J connectivity index is 1.20. The summed E-state index contributed by atoms with van der Waals surface area (Å²) in [6.45, 7) is 0. The van der Waals surface area contributed by atoms with Crippen molar-refractivity contribution in [3.8, 4) is 11.1 Å². The second kappa shape index (κ2) is 8.97. The number of benzene rings is 9. The molecule has 13 rings (SSSR count). The predicted molar refractivity (Wildman–Crippen MR) is 212 cm³/mol. The molecule has 0 N–H and O–H groups in total. The molecular formula is C46H25N5. The first-order valence-corrected chi connectivity index (χ1v) is 17.4. The average Bonchev–Trinajstić information content (AvgIpc) is 3.91. The van der Waals surface area contributed by atoms with E-state index in [1.54, 1.807) is 0 Å². The predicted octanol–water partition coefficient (Wildman–Crippen LogP) is 11.6. The number of aromatic nitrogens is 5. The molecule has 4 aromatic heterocycles. The van der Waals surface area contributed by atoms with E-state index in [1.807, 2.05) is 0 Å². The van der Waals surface area contributed by atoms with Crippen LogP contribution in [0.25, 0.3) is 115 Å². The van der Waals surface area contributed by atoms with Crippen molar-refractivity contribution >= 4 is 104 Å². The Morgan fingerprint density at radius 1 is 0.314 bits per heavy atom. The van der Waals surface area contributed by atoms with Gasteiger partial charge in [0.15, 0.2) is 0 Å². The van der Waals surface area contributed by atoms with Crippen molar-refractivity contribution < 1.29 is 0 Å². The first kappa shape index (κ1) is 26.0. The highest BCUT2D eigenvalue weighted by molar-refractivity contribution is 6.26. The van der Waals surface area contributed by atoms with E-state index in [9.17, 15) is 0 Å². The van der Waals surface area contributed by atoms with Crippen molar-refractivity contribution in [1.29, 1.82) is 0 Å². The lowest BCUT2D eigenvalue weighted by Crippen LogP contribution is -1.89. The van der Waals surface area contributed by atoms with Crippen LogP contribution in [0.4, 0.5) is 0 Å². The van der Waals surface area contributed by atoms with Crippen molar-refractivity contribution in [3.63, 3.8) is 0 Å². The van der Waals surface area contributed by atoms with Crippen molar-refractivity contribution in [2.24, 2.45) is 0 Å². The Morgan fingerprint density at radius 2 is 0.745 bits per heavy atom. The van der Waals surface area contributed by atoms with Gasteiger partial charge in [-0.3, -0.25) is 8.80 Å². The summed E-state index contributed by atoms with van der Waals surface area (Å²) in [5.41, 5.74) is 9.87. The maximum absolute atomic E-state index is 5.31. The van der Waals surface area contributed by atoms with Crippen LogP contribution in [-0.2, 0) is 0 Å². The van der Waals surface area contributed by atoms with Crippen LogP contribution in [0.15, 0.2) is 152 Å². The van der Waals surface area contributed by atoms with Crippen LogP contribution in [0.1, 0.15) is 0 Å². The van der Waals surface area contributed by atoms with Crippen LogP contribution >= 0.6 is 0 Å². The fraction of sp³-hybridized carbons (Fsp3) is 0. The topological polar surface area (TPSA) is 39.0 Å². The van der Waals surface area contributed by atoms with E-state index in [-0.39, 0.29) is 0 Å². The lowest BCUT2D eigenvalue weighted by atomic mass is 9.92. The van der Waals surface area contributed by atoms with Crippen molar-refractivity contribution in [3.05, 3.63) is 152 Å². The van der Waals surface area contributed by atoms with Gasteiger partial charge in [-0.1, -0.05) is 109 Å². The fourth-order valence-electron chi connectivity index (χ4n) is 8.99. The van der Waals surface area contributed by atoms with E-state index in [0.29, 0.717) is 0 Å². The highest BCUT2D eigenvalue weighted by Crippen LogP contribution is 2.41. The maximum atomic E-state index is 5.31. The van der Waals surface area contributed by atoms with Crippen LogP contribution in [0.3, 0.4) is 0 Å². The average molecular weight is 648 g/mol. The Kier molecular flexibility index (Phi) is 4.57. The third-order valence-electron chi connectivity index (χ3n) is 11.3. The van der Waals surface area contributed by atoms with Crippen LogP contribution in [-0.4, -0.2) is 23.2 Å². The standard InChI is InChI=1S/C46H25N5/c1-3-11-28-22-40-38(20-26(28)9-1)47-45-49(40)42-24-31(30-17-18-36-34-15-6-5-13-32(34)33-14-7-8-16-35(33)37(36)19-30)25-43-44(42)51(45)46-48-39-21-27-10-2-4-12-29(27)23-41(39)50(43)46/h1-25H. The highest BCUT2D eigenvalue weighted by atomic mass is 15.3. The molecule has 5 nitrogen and oxygen atoms in total. The van der Waals surface area contributed by atoms with Gasteiger partial charge >= 0.3 is 0 Å². The molecule has 0 radical (unpaired) electrons. The number of rotatable bonds is 1. The van der Waals surface area contributed by atoms with Crippen LogP contribution < -0.4 is 0 Å². The molecule has 0 atom stereocenters. The molecule has 234 valence electrons. The summed E-state index contributed by atoms with van der Waals surface area (Å²) in [5.74, 6) is 1.76. The van der Waals surface area contributed by atoms with Gasteiger partial charge in [0.05, 0.1) is 33.1 Å². The summed E-state index contributed by atoms with van der Waals surface area (Å²) in [6.07, 6.45) is 0. The molecule has 4 heterocycles. The Hall–Kier alpha value is -6.98. The molecule has 0 bridgehead atoms. The van der Waals surface area contributed by atoms with Crippen molar-refractivity contribution in [2.75, 3.05) is 0 Å². The number of nitrogens with zero attached hydrogens (tertiary/aromatic N) is 5. The van der Waals surface area contributed by atoms with Gasteiger partial charge in [0, 0.05) is 0 Å². The second-order valence-electron chi connectivity index (χ2n) is 13.9. The third-order valence-corrected chi connectivity index (χ3v) is 11.3. The molecule has 0 aliphatic carbocycles. The largest absolute Gasteiger partial charge is 0.276 e. The van der Waals surface area contributed by atoms with Gasteiger partial charge in [0.1, 0.15) is 5.52 Å². The van der Waals surface area contributed by atoms with Crippen molar-refractivity contribution in [1.82, 2.24) is 23.2 Å². The zero-order valence-electron chi connectivity index (χ0n) is 27.2. The number of imidazole rings is 4. The summed E-state index contributed by atoms with van der Waals surface area (Å²) in [4.78, 5) is 10.6. The minimum absolute atomic E-state index is 0.878. The van der Waals surface area contributed by atoms with E-state index in [2.05, 4.69) is 165 Å². The van der Waals surface area contributed by atoms with E-state index < -0.39 is 0 Å². The van der Waals surface area contributed by atoms with Gasteiger partial charge in [-0.25, -0.2) is 14.4 Å². The Bertz CT molecular complexity index is 3460. The molecule has 13 aromatic rings. The minimum Gasteiger partial charge on any atom is -0.276 e. The molecule has 0 aliphatic heterocycles. The van der Waals surface area contributed by atoms with E-state index >= 15 is 0 Å². The first-order chi connectivity index (χ1) is 25.3. The smallest absolute Gasteiger partial charge is 0.223 e. The molecule has 0 spiro atoms. The first-order valence-electron chi connectivity index (χ1n) is 17.4. The fourth-order valence-corrected chi connectivity index (χ4v) is 8.99. The Morgan fingerprint density at radius 3 is 1.25 bits per heavy atom. The summed E-state index contributed by atoms with van der Waals surface area (Å²) in [6, 6.07) is 55.4. The van der Waals surface area contributed by atoms with Gasteiger partial charge in [-0.05, 0) is 107 Å². The zero-order valence-corrected chi connectivity index (χ0v) is 27.2. The molecule has 5 heteroatoms. The van der Waals surface area contributed by atoms with Crippen LogP contribution in [0.5, 0.6) is 0 Å². The Labute approximate surface area is 289 Å². The van der Waals surface area contributed by atoms with Gasteiger partial charge in [-0.15, -0.1) is 0 Å². The van der Waals surface area contributed by atoms with Crippen LogP contribution in [0.2, 0.25) is 0 Å². The normalized spacial score (nSPS) is 12.7. The second-order valence-corrected chi connectivity index (χ2v) is 13.9. The summed E-state index contributed by atoms with van der Waals surface area (Å²) in [7, 11) is 0. The molecular weight excluding hydrogens is 623 g/mol. The number of fused-ring (bicyclic) bond motifs is 18. The van der Waals surface area contributed by atoms with Gasteiger partial charge in [-0.2, -0.15) is 0 Å². The van der Waals surface area contributed by atoms with Gasteiger partial charge in [0.2, 0.25) is 11.6 Å². The van der Waals surface area contributed by atoms with E-state index in [0.717, 1.165) is 55.7 Å². The monoisotopic (exact) mass is 647 g/mol. The molecule has 0 saturated carbocycles. The lowest BCUT2D eigenvalue weighted by Gasteiger charge is -2.12. The highest BCUT2D eigenvalue weighted by Gasteiger charge is 2.25.